The van der Waals surface area contributed by atoms with Gasteiger partial charge < -0.3 is 14.6 Å². The first-order chi connectivity index (χ1) is 11.6. The van der Waals surface area contributed by atoms with E-state index in [9.17, 15) is 4.79 Å². The average molecular weight is 361 g/mol. The quantitative estimate of drug-likeness (QED) is 0.649. The zero-order valence-electron chi connectivity index (χ0n) is 13.2. The molecular weight excluding hydrogens is 344 g/mol. The van der Waals surface area contributed by atoms with Crippen molar-refractivity contribution in [3.05, 3.63) is 75.3 Å². The van der Waals surface area contributed by atoms with E-state index < -0.39 is 0 Å². The van der Waals surface area contributed by atoms with Crippen LogP contribution in [-0.4, -0.2) is 10.9 Å². The van der Waals surface area contributed by atoms with Gasteiger partial charge in [0, 0.05) is 15.6 Å². The molecule has 2 amide bonds. The fourth-order valence-electron chi connectivity index (χ4n) is 2.27. The highest BCUT2D eigenvalue weighted by Gasteiger charge is 2.17. The van der Waals surface area contributed by atoms with Crippen molar-refractivity contribution in [2.24, 2.45) is 0 Å². The van der Waals surface area contributed by atoms with Crippen molar-refractivity contribution in [2.75, 3.05) is 5.32 Å². The molecule has 124 valence electrons. The molecule has 24 heavy (non-hydrogen) atoms. The molecule has 0 saturated heterocycles. The Morgan fingerprint density at radius 3 is 2.62 bits per heavy atom. The van der Waals surface area contributed by atoms with E-state index in [1.807, 2.05) is 24.4 Å². The lowest BCUT2D eigenvalue weighted by Crippen LogP contribution is -2.33. The van der Waals surface area contributed by atoms with E-state index in [0.717, 1.165) is 10.6 Å². The Bertz CT molecular complexity index is 797. The largest absolute Gasteiger partial charge is 0.467 e. The molecule has 0 atom stereocenters. The Hall–Kier alpha value is -2.24. The minimum absolute atomic E-state index is 0.179. The van der Waals surface area contributed by atoms with Crippen molar-refractivity contribution in [1.29, 1.82) is 0 Å². The van der Waals surface area contributed by atoms with E-state index in [4.69, 9.17) is 16.0 Å². The molecular formula is C18H17ClN2O2S. The van der Waals surface area contributed by atoms with Crippen LogP contribution in [0.3, 0.4) is 0 Å². The molecule has 0 spiro atoms. The molecule has 2 aromatic heterocycles. The Morgan fingerprint density at radius 2 is 2.00 bits per heavy atom. The lowest BCUT2D eigenvalue weighted by Gasteiger charge is -2.22. The number of amides is 2. The number of halogens is 1. The van der Waals surface area contributed by atoms with Gasteiger partial charge in [-0.25, -0.2) is 4.79 Å². The summed E-state index contributed by atoms with van der Waals surface area (Å²) in [4.78, 5) is 15.6. The van der Waals surface area contributed by atoms with Crippen LogP contribution < -0.4 is 5.32 Å². The van der Waals surface area contributed by atoms with Crippen LogP contribution in [0.4, 0.5) is 10.5 Å². The summed E-state index contributed by atoms with van der Waals surface area (Å²) in [6.45, 7) is 2.99. The second-order valence-electron chi connectivity index (χ2n) is 5.40. The minimum Gasteiger partial charge on any atom is -0.467 e. The lowest BCUT2D eigenvalue weighted by atomic mass is 10.2. The van der Waals surface area contributed by atoms with Crippen LogP contribution in [0, 0.1) is 6.92 Å². The maximum absolute atomic E-state index is 12.7. The third-order valence-electron chi connectivity index (χ3n) is 3.61. The zero-order valence-corrected chi connectivity index (χ0v) is 14.7. The van der Waals surface area contributed by atoms with E-state index in [1.54, 1.807) is 46.8 Å². The Labute approximate surface area is 149 Å². The molecule has 4 nitrogen and oxygen atoms in total. The number of thiophene rings is 1. The van der Waals surface area contributed by atoms with Crippen molar-refractivity contribution in [2.45, 2.75) is 20.0 Å². The maximum atomic E-state index is 12.7. The van der Waals surface area contributed by atoms with Crippen molar-refractivity contribution in [1.82, 2.24) is 4.90 Å². The van der Waals surface area contributed by atoms with Gasteiger partial charge in [0.2, 0.25) is 0 Å². The number of furan rings is 1. The smallest absolute Gasteiger partial charge is 0.322 e. The molecule has 6 heteroatoms. The van der Waals surface area contributed by atoms with Crippen molar-refractivity contribution >= 4 is 34.7 Å². The first-order valence-electron chi connectivity index (χ1n) is 7.48. The second-order valence-corrected chi connectivity index (χ2v) is 6.84. The predicted octanol–water partition coefficient (Wildman–Crippen LogP) is 5.54. The number of urea groups is 1. The van der Waals surface area contributed by atoms with Gasteiger partial charge in [-0.15, -0.1) is 11.3 Å². The summed E-state index contributed by atoms with van der Waals surface area (Å²) in [6.07, 6.45) is 1.61. The molecule has 0 unspecified atom stereocenters. The minimum atomic E-state index is -0.179. The van der Waals surface area contributed by atoms with Crippen LogP contribution in [0.5, 0.6) is 0 Å². The third kappa shape index (κ3) is 4.19. The molecule has 0 aliphatic carbocycles. The van der Waals surface area contributed by atoms with Gasteiger partial charge in [-0.05, 0) is 60.3 Å². The first kappa shape index (κ1) is 16.6. The SMILES string of the molecule is Cc1ccsc1CN(Cc1ccco1)C(=O)Nc1ccc(Cl)cc1. The van der Waals surface area contributed by atoms with Gasteiger partial charge in [0.1, 0.15) is 5.76 Å². The molecule has 3 rings (SSSR count). The van der Waals surface area contributed by atoms with Gasteiger partial charge in [0.15, 0.2) is 0 Å². The van der Waals surface area contributed by atoms with Gasteiger partial charge in [0.05, 0.1) is 19.4 Å². The number of nitrogens with one attached hydrogen (secondary N) is 1. The summed E-state index contributed by atoms with van der Waals surface area (Å²) < 4.78 is 5.39. The number of benzene rings is 1. The molecule has 0 aliphatic heterocycles. The fraction of sp³-hybridized carbons (Fsp3) is 0.167. The summed E-state index contributed by atoms with van der Waals surface area (Å²) >= 11 is 7.53. The van der Waals surface area contributed by atoms with E-state index in [2.05, 4.69) is 11.4 Å². The molecule has 2 heterocycles. The predicted molar refractivity (Wildman–Crippen MR) is 97.5 cm³/mol. The standard InChI is InChI=1S/C18H17ClN2O2S/c1-13-8-10-24-17(13)12-21(11-16-3-2-9-23-16)18(22)20-15-6-4-14(19)5-7-15/h2-10H,11-12H2,1H3,(H,20,22). The van der Waals surface area contributed by atoms with Gasteiger partial charge in [-0.3, -0.25) is 0 Å². The second kappa shape index (κ2) is 7.55. The fourth-order valence-corrected chi connectivity index (χ4v) is 3.31. The number of rotatable bonds is 5. The Morgan fingerprint density at radius 1 is 1.21 bits per heavy atom. The van der Waals surface area contributed by atoms with Gasteiger partial charge in [0.25, 0.3) is 0 Å². The number of nitrogens with zero attached hydrogens (tertiary/aromatic N) is 1. The molecule has 0 bridgehead atoms. The number of hydrogen-bond donors (Lipinski definition) is 1. The van der Waals surface area contributed by atoms with Gasteiger partial charge in [-0.2, -0.15) is 0 Å². The van der Waals surface area contributed by atoms with E-state index in [1.165, 1.54) is 5.56 Å². The summed E-state index contributed by atoms with van der Waals surface area (Å²) in [7, 11) is 0. The summed E-state index contributed by atoms with van der Waals surface area (Å²) in [5.41, 5.74) is 1.89. The van der Waals surface area contributed by atoms with Crippen LogP contribution in [0.2, 0.25) is 5.02 Å². The topological polar surface area (TPSA) is 45.5 Å². The molecule has 0 saturated carbocycles. The third-order valence-corrected chi connectivity index (χ3v) is 4.87. The van der Waals surface area contributed by atoms with Gasteiger partial charge >= 0.3 is 6.03 Å². The summed E-state index contributed by atoms with van der Waals surface area (Å²) in [5.74, 6) is 0.746. The lowest BCUT2D eigenvalue weighted by molar-refractivity contribution is 0.201. The van der Waals surface area contributed by atoms with Crippen LogP contribution in [-0.2, 0) is 13.1 Å². The highest BCUT2D eigenvalue weighted by Crippen LogP contribution is 2.21. The van der Waals surface area contributed by atoms with Crippen LogP contribution in [0.15, 0.2) is 58.5 Å². The molecule has 1 N–H and O–H groups in total. The van der Waals surface area contributed by atoms with Crippen molar-refractivity contribution in [3.63, 3.8) is 0 Å². The molecule has 1 aromatic carbocycles. The molecule has 0 fully saturated rings. The summed E-state index contributed by atoms with van der Waals surface area (Å²) in [6, 6.07) is 12.6. The monoisotopic (exact) mass is 360 g/mol. The van der Waals surface area contributed by atoms with E-state index >= 15 is 0 Å². The Balaban J connectivity index is 1.76. The maximum Gasteiger partial charge on any atom is 0.322 e. The number of hydrogen-bond acceptors (Lipinski definition) is 3. The number of anilines is 1. The van der Waals surface area contributed by atoms with Crippen molar-refractivity contribution in [3.8, 4) is 0 Å². The molecule has 3 aromatic rings. The van der Waals surface area contributed by atoms with E-state index in [-0.39, 0.29) is 6.03 Å². The number of carbonyl (C=O) groups is 1. The molecule has 0 aliphatic rings. The average Bonchev–Trinajstić information content (AvgIpc) is 3.21. The van der Waals surface area contributed by atoms with Crippen LogP contribution >= 0.6 is 22.9 Å². The van der Waals surface area contributed by atoms with E-state index in [0.29, 0.717) is 23.8 Å². The van der Waals surface area contributed by atoms with Crippen LogP contribution in [0.1, 0.15) is 16.2 Å². The van der Waals surface area contributed by atoms with Crippen LogP contribution in [0.25, 0.3) is 0 Å². The zero-order chi connectivity index (χ0) is 16.9. The first-order valence-corrected chi connectivity index (χ1v) is 8.74. The highest BCUT2D eigenvalue weighted by atomic mass is 35.5. The Kier molecular flexibility index (Phi) is 5.23. The highest BCUT2D eigenvalue weighted by molar-refractivity contribution is 7.10. The number of carbonyl (C=O) groups excluding carboxylic acids is 1. The van der Waals surface area contributed by atoms with Gasteiger partial charge in [-0.1, -0.05) is 11.6 Å². The number of aryl methyl sites for hydroxylation is 1. The summed E-state index contributed by atoms with van der Waals surface area (Å²) in [5, 5.41) is 5.57. The van der Waals surface area contributed by atoms with Crippen molar-refractivity contribution < 1.29 is 9.21 Å². The normalized spacial score (nSPS) is 10.6. The molecule has 0 radical (unpaired) electrons.